The molecule has 4 fully saturated rings. The Kier molecular flexibility index (Phi) is 9.75. The highest BCUT2D eigenvalue weighted by Gasteiger charge is 2.58. The van der Waals surface area contributed by atoms with Gasteiger partial charge < -0.3 is 25.6 Å². The Labute approximate surface area is 235 Å². The second-order valence-electron chi connectivity index (χ2n) is 13.3. The molecule has 2 saturated heterocycles. The van der Waals surface area contributed by atoms with Crippen molar-refractivity contribution in [3.63, 3.8) is 0 Å². The quantitative estimate of drug-likeness (QED) is 0.466. The van der Waals surface area contributed by atoms with E-state index in [-0.39, 0.29) is 55.6 Å². The third kappa shape index (κ3) is 6.77. The van der Waals surface area contributed by atoms with E-state index in [2.05, 4.69) is 5.32 Å². The monoisotopic (exact) mass is 572 g/mol. The lowest BCUT2D eigenvalue weighted by atomic mass is 9.63. The highest BCUT2D eigenvalue weighted by molar-refractivity contribution is 5.92. The Bertz CT molecular complexity index is 925. The molecule has 0 aromatic rings. The van der Waals surface area contributed by atoms with E-state index in [9.17, 15) is 27.6 Å². The number of rotatable bonds is 8. The lowest BCUT2D eigenvalue weighted by Crippen LogP contribution is -2.61. The minimum atomic E-state index is -1.53. The molecule has 2 saturated carbocycles. The second-order valence-corrected chi connectivity index (χ2v) is 13.3. The maximum atomic E-state index is 14.4. The van der Waals surface area contributed by atoms with E-state index in [1.54, 1.807) is 30.7 Å². The number of ether oxygens (including phenoxy) is 1. The molecule has 0 radical (unpaired) electrons. The van der Waals surface area contributed by atoms with Crippen molar-refractivity contribution in [1.29, 1.82) is 0 Å². The summed E-state index contributed by atoms with van der Waals surface area (Å²) in [6.07, 6.45) is 0.607. The van der Waals surface area contributed by atoms with Gasteiger partial charge in [-0.3, -0.25) is 14.4 Å². The van der Waals surface area contributed by atoms with E-state index in [4.69, 9.17) is 10.5 Å². The number of hydrogen-bond donors (Lipinski definition) is 2. The summed E-state index contributed by atoms with van der Waals surface area (Å²) in [7, 11) is 1.73. The predicted molar refractivity (Wildman–Crippen MR) is 144 cm³/mol. The van der Waals surface area contributed by atoms with Gasteiger partial charge in [0.1, 0.15) is 24.6 Å². The Morgan fingerprint density at radius 1 is 1.12 bits per heavy atom. The first kappa shape index (κ1) is 31.1. The molecule has 40 heavy (non-hydrogen) atoms. The standard InChI is InChI=1S/C29H47F3N4O4/c1-28(2,33)26(38)34-24(16-40-15-18-5-8-20(30)9-6-18)25(37)36-12-4-11-29(17-36)21(14-35(3)27(29)39)19-7-10-22(31)23(32)13-19/h18-24H,4-17,33H2,1-3H3,(H,34,38). The summed E-state index contributed by atoms with van der Waals surface area (Å²) >= 11 is 0. The van der Waals surface area contributed by atoms with Gasteiger partial charge >= 0.3 is 0 Å². The topological polar surface area (TPSA) is 105 Å². The number of amides is 3. The zero-order chi connectivity index (χ0) is 29.2. The van der Waals surface area contributed by atoms with Crippen molar-refractivity contribution >= 4 is 17.7 Å². The number of alkyl halides is 3. The summed E-state index contributed by atoms with van der Waals surface area (Å²) in [5.41, 5.74) is 3.92. The van der Waals surface area contributed by atoms with Gasteiger partial charge in [-0.25, -0.2) is 13.2 Å². The van der Waals surface area contributed by atoms with E-state index >= 15 is 0 Å². The summed E-state index contributed by atoms with van der Waals surface area (Å²) in [5, 5.41) is 2.76. The fraction of sp³-hybridized carbons (Fsp3) is 0.897. The SMILES string of the molecule is CN1CC(C2CCC(F)C(F)C2)C2(CCCN(C(=O)C(COCC3CCC(F)CC3)NC(=O)C(C)(C)N)C2)C1=O. The molecule has 2 aliphatic carbocycles. The second kappa shape index (κ2) is 12.5. The van der Waals surface area contributed by atoms with Crippen LogP contribution in [0.4, 0.5) is 13.2 Å². The number of hydrogen-bond acceptors (Lipinski definition) is 5. The van der Waals surface area contributed by atoms with Gasteiger partial charge in [-0.2, -0.15) is 0 Å². The van der Waals surface area contributed by atoms with E-state index in [0.29, 0.717) is 51.8 Å². The molecule has 8 nitrogen and oxygen atoms in total. The first-order valence-electron chi connectivity index (χ1n) is 15.0. The lowest BCUT2D eigenvalue weighted by Gasteiger charge is -2.46. The van der Waals surface area contributed by atoms with Crippen LogP contribution in [0.5, 0.6) is 0 Å². The van der Waals surface area contributed by atoms with Crippen LogP contribution in [0, 0.1) is 23.2 Å². The van der Waals surface area contributed by atoms with Crippen molar-refractivity contribution in [1.82, 2.24) is 15.1 Å². The average Bonchev–Trinajstić information content (AvgIpc) is 3.14. The van der Waals surface area contributed by atoms with E-state index in [1.165, 1.54) is 0 Å². The number of nitrogens with one attached hydrogen (secondary N) is 1. The number of carbonyl (C=O) groups is 3. The molecule has 4 aliphatic rings. The fourth-order valence-corrected chi connectivity index (χ4v) is 7.30. The van der Waals surface area contributed by atoms with Crippen LogP contribution in [-0.4, -0.2) is 97.5 Å². The van der Waals surface area contributed by atoms with Crippen LogP contribution in [0.3, 0.4) is 0 Å². The van der Waals surface area contributed by atoms with Gasteiger partial charge in [0.15, 0.2) is 0 Å². The third-order valence-corrected chi connectivity index (χ3v) is 9.69. The molecule has 0 bridgehead atoms. The van der Waals surface area contributed by atoms with Crippen LogP contribution in [0.1, 0.15) is 71.6 Å². The molecule has 11 heteroatoms. The predicted octanol–water partition coefficient (Wildman–Crippen LogP) is 2.93. The molecule has 228 valence electrons. The van der Waals surface area contributed by atoms with Crippen molar-refractivity contribution in [2.45, 2.75) is 102 Å². The van der Waals surface area contributed by atoms with Crippen LogP contribution in [0.15, 0.2) is 0 Å². The largest absolute Gasteiger partial charge is 0.378 e. The molecular weight excluding hydrogens is 525 g/mol. The maximum Gasteiger partial charge on any atom is 0.247 e. The van der Waals surface area contributed by atoms with Crippen LogP contribution in [0.25, 0.3) is 0 Å². The van der Waals surface area contributed by atoms with Gasteiger partial charge in [0.2, 0.25) is 17.7 Å². The maximum absolute atomic E-state index is 14.4. The number of nitrogens with zero attached hydrogens (tertiary/aromatic N) is 2. The number of carbonyl (C=O) groups excluding carboxylic acids is 3. The van der Waals surface area contributed by atoms with Crippen molar-refractivity contribution in [2.75, 3.05) is 39.9 Å². The van der Waals surface area contributed by atoms with Crippen molar-refractivity contribution in [3.8, 4) is 0 Å². The summed E-state index contributed by atoms with van der Waals surface area (Å²) < 4.78 is 47.8. The Morgan fingerprint density at radius 2 is 1.82 bits per heavy atom. The molecule has 3 N–H and O–H groups in total. The normalized spacial score (nSPS) is 36.1. The molecular formula is C29H47F3N4O4. The molecule has 1 spiro atoms. The summed E-state index contributed by atoms with van der Waals surface area (Å²) in [5.74, 6) is -1.01. The third-order valence-electron chi connectivity index (χ3n) is 9.69. The van der Waals surface area contributed by atoms with Gasteiger partial charge in [0.05, 0.1) is 17.6 Å². The highest BCUT2D eigenvalue weighted by atomic mass is 19.2. The lowest BCUT2D eigenvalue weighted by molar-refractivity contribution is -0.149. The molecule has 3 amide bonds. The van der Waals surface area contributed by atoms with Gasteiger partial charge in [-0.1, -0.05) is 0 Å². The highest BCUT2D eigenvalue weighted by Crippen LogP contribution is 2.51. The zero-order valence-corrected chi connectivity index (χ0v) is 24.2. The Morgan fingerprint density at radius 3 is 2.48 bits per heavy atom. The van der Waals surface area contributed by atoms with Gasteiger partial charge in [-0.15, -0.1) is 0 Å². The number of halogens is 3. The zero-order valence-electron chi connectivity index (χ0n) is 24.2. The van der Waals surface area contributed by atoms with Gasteiger partial charge in [0, 0.05) is 33.3 Å². The Balaban J connectivity index is 1.48. The van der Waals surface area contributed by atoms with Crippen molar-refractivity contribution < 1.29 is 32.3 Å². The molecule has 6 atom stereocenters. The van der Waals surface area contributed by atoms with Crippen LogP contribution < -0.4 is 11.1 Å². The molecule has 2 heterocycles. The smallest absolute Gasteiger partial charge is 0.247 e. The van der Waals surface area contributed by atoms with Crippen LogP contribution in [0.2, 0.25) is 0 Å². The van der Waals surface area contributed by atoms with Gasteiger partial charge in [0.25, 0.3) is 0 Å². The first-order chi connectivity index (χ1) is 18.8. The summed E-state index contributed by atoms with van der Waals surface area (Å²) in [6, 6.07) is -0.993. The molecule has 0 aromatic heterocycles. The van der Waals surface area contributed by atoms with Crippen LogP contribution >= 0.6 is 0 Å². The van der Waals surface area contributed by atoms with Crippen molar-refractivity contribution in [2.24, 2.45) is 28.9 Å². The van der Waals surface area contributed by atoms with Crippen LogP contribution in [-0.2, 0) is 19.1 Å². The minimum Gasteiger partial charge on any atom is -0.378 e. The summed E-state index contributed by atoms with van der Waals surface area (Å²) in [6.45, 7) is 4.48. The Hall–Kier alpha value is -1.88. The van der Waals surface area contributed by atoms with Gasteiger partial charge in [-0.05, 0) is 89.4 Å². The molecule has 4 rings (SSSR count). The van der Waals surface area contributed by atoms with E-state index in [0.717, 1.165) is 12.8 Å². The fourth-order valence-electron chi connectivity index (χ4n) is 7.30. The molecule has 0 aromatic carbocycles. The first-order valence-corrected chi connectivity index (χ1v) is 15.0. The number of piperidine rings is 1. The van der Waals surface area contributed by atoms with E-state index in [1.807, 2.05) is 0 Å². The minimum absolute atomic E-state index is 0.0545. The molecule has 6 unspecified atom stereocenters. The molecule has 2 aliphatic heterocycles. The number of nitrogens with two attached hydrogens (primary N) is 1. The van der Waals surface area contributed by atoms with Crippen molar-refractivity contribution in [3.05, 3.63) is 0 Å². The average molecular weight is 573 g/mol. The number of likely N-dealkylation sites (tertiary alicyclic amines) is 2. The van der Waals surface area contributed by atoms with E-state index < -0.39 is 41.4 Å². The summed E-state index contributed by atoms with van der Waals surface area (Å²) in [4.78, 5) is 43.6.